The largest absolute Gasteiger partial charge is 0.468 e. The van der Waals surface area contributed by atoms with Gasteiger partial charge in [0.2, 0.25) is 0 Å². The Morgan fingerprint density at radius 1 is 1.50 bits per heavy atom. The third kappa shape index (κ3) is 3.32. The van der Waals surface area contributed by atoms with Crippen molar-refractivity contribution < 1.29 is 14.1 Å². The summed E-state index contributed by atoms with van der Waals surface area (Å²) in [6.45, 7) is 8.41. The molecule has 0 radical (unpaired) electrons. The zero-order valence-corrected chi connectivity index (χ0v) is 11.7. The summed E-state index contributed by atoms with van der Waals surface area (Å²) in [5, 5.41) is 7.12. The summed E-state index contributed by atoms with van der Waals surface area (Å²) in [5.41, 5.74) is 1.86. The smallest absolute Gasteiger partial charge is 0.323 e. The van der Waals surface area contributed by atoms with Gasteiger partial charge in [0.05, 0.1) is 12.8 Å². The zero-order chi connectivity index (χ0) is 13.7. The third-order valence-corrected chi connectivity index (χ3v) is 3.35. The van der Waals surface area contributed by atoms with Crippen LogP contribution in [0.1, 0.15) is 37.3 Å². The number of carbonyl (C=O) groups is 1. The fourth-order valence-corrected chi connectivity index (χ4v) is 1.85. The van der Waals surface area contributed by atoms with Gasteiger partial charge in [-0.2, -0.15) is 0 Å². The lowest BCUT2D eigenvalue weighted by atomic mass is 9.99. The van der Waals surface area contributed by atoms with Crippen LogP contribution in [0.4, 0.5) is 0 Å². The van der Waals surface area contributed by atoms with E-state index >= 15 is 0 Å². The molecular weight excluding hydrogens is 232 g/mol. The average Bonchev–Trinajstić information content (AvgIpc) is 2.69. The van der Waals surface area contributed by atoms with Gasteiger partial charge in [-0.1, -0.05) is 25.4 Å². The predicted molar refractivity (Wildman–Crippen MR) is 68.1 cm³/mol. The van der Waals surface area contributed by atoms with Crippen molar-refractivity contribution in [3.63, 3.8) is 0 Å². The number of aromatic nitrogens is 1. The van der Waals surface area contributed by atoms with Crippen molar-refractivity contribution in [1.29, 1.82) is 0 Å². The highest BCUT2D eigenvalue weighted by Gasteiger charge is 2.25. The van der Waals surface area contributed by atoms with Gasteiger partial charge in [-0.15, -0.1) is 0 Å². The molecule has 0 aliphatic rings. The van der Waals surface area contributed by atoms with Crippen LogP contribution in [0.2, 0.25) is 0 Å². The van der Waals surface area contributed by atoms with Crippen molar-refractivity contribution >= 4 is 5.97 Å². The third-order valence-electron chi connectivity index (χ3n) is 3.35. The Balaban J connectivity index is 2.71. The number of hydrogen-bond acceptors (Lipinski definition) is 5. The minimum Gasteiger partial charge on any atom is -0.468 e. The Bertz CT molecular complexity index is 381. The normalized spacial score (nSPS) is 14.3. The molecule has 1 N–H and O–H groups in total. The van der Waals surface area contributed by atoms with E-state index in [1.54, 1.807) is 0 Å². The molecular formula is C13H22N2O3. The molecule has 102 valence electrons. The summed E-state index contributed by atoms with van der Waals surface area (Å²) in [4.78, 5) is 11.7. The maximum atomic E-state index is 11.7. The highest BCUT2D eigenvalue weighted by molar-refractivity contribution is 5.75. The van der Waals surface area contributed by atoms with E-state index in [1.165, 1.54) is 7.11 Å². The van der Waals surface area contributed by atoms with Gasteiger partial charge in [0.1, 0.15) is 11.8 Å². The maximum Gasteiger partial charge on any atom is 0.323 e. The number of aryl methyl sites for hydroxylation is 2. The zero-order valence-electron chi connectivity index (χ0n) is 11.7. The highest BCUT2D eigenvalue weighted by Crippen LogP contribution is 2.14. The number of nitrogens with zero attached hydrogens (tertiary/aromatic N) is 1. The first-order valence-electron chi connectivity index (χ1n) is 6.24. The van der Waals surface area contributed by atoms with Gasteiger partial charge in [0.15, 0.2) is 0 Å². The summed E-state index contributed by atoms with van der Waals surface area (Å²) in [6.07, 6.45) is 0.911. The molecule has 0 fully saturated rings. The first kappa shape index (κ1) is 14.7. The lowest BCUT2D eigenvalue weighted by Gasteiger charge is -2.21. The molecule has 2 unspecified atom stereocenters. The summed E-state index contributed by atoms with van der Waals surface area (Å²) >= 11 is 0. The van der Waals surface area contributed by atoms with Gasteiger partial charge in [-0.3, -0.25) is 10.1 Å². The molecule has 0 bridgehead atoms. The van der Waals surface area contributed by atoms with E-state index in [4.69, 9.17) is 9.26 Å². The molecule has 0 spiro atoms. The van der Waals surface area contributed by atoms with Crippen LogP contribution in [-0.2, 0) is 16.1 Å². The molecule has 1 rings (SSSR count). The lowest BCUT2D eigenvalue weighted by molar-refractivity contribution is -0.144. The topological polar surface area (TPSA) is 64.4 Å². The van der Waals surface area contributed by atoms with E-state index in [2.05, 4.69) is 17.4 Å². The number of rotatable bonds is 6. The molecule has 0 aliphatic carbocycles. The molecule has 0 saturated carbocycles. The molecule has 0 saturated heterocycles. The van der Waals surface area contributed by atoms with Gasteiger partial charge in [0, 0.05) is 12.1 Å². The second kappa shape index (κ2) is 6.54. The van der Waals surface area contributed by atoms with Gasteiger partial charge in [0.25, 0.3) is 0 Å². The molecule has 5 nitrogen and oxygen atoms in total. The van der Waals surface area contributed by atoms with Gasteiger partial charge in [-0.25, -0.2) is 0 Å². The van der Waals surface area contributed by atoms with Crippen LogP contribution in [0, 0.1) is 19.8 Å². The van der Waals surface area contributed by atoms with Crippen LogP contribution in [0.15, 0.2) is 4.52 Å². The van der Waals surface area contributed by atoms with E-state index in [0.717, 1.165) is 23.4 Å². The van der Waals surface area contributed by atoms with Crippen molar-refractivity contribution in [2.45, 2.75) is 46.7 Å². The minimum atomic E-state index is -0.298. The molecule has 18 heavy (non-hydrogen) atoms. The van der Waals surface area contributed by atoms with Crippen molar-refractivity contribution in [2.75, 3.05) is 7.11 Å². The Labute approximate surface area is 108 Å². The van der Waals surface area contributed by atoms with Crippen LogP contribution >= 0.6 is 0 Å². The van der Waals surface area contributed by atoms with Crippen LogP contribution in [0.25, 0.3) is 0 Å². The van der Waals surface area contributed by atoms with Gasteiger partial charge < -0.3 is 9.26 Å². The number of hydrogen-bond donors (Lipinski definition) is 1. The van der Waals surface area contributed by atoms with Crippen LogP contribution in [0.3, 0.4) is 0 Å². The predicted octanol–water partition coefficient (Wildman–Crippen LogP) is 1.97. The summed E-state index contributed by atoms with van der Waals surface area (Å²) in [7, 11) is 1.41. The minimum absolute atomic E-state index is 0.220. The molecule has 0 aromatic carbocycles. The van der Waals surface area contributed by atoms with Crippen LogP contribution in [0.5, 0.6) is 0 Å². The SMILES string of the molecule is CCC(C)C(NCc1c(C)noc1C)C(=O)OC. The first-order valence-corrected chi connectivity index (χ1v) is 6.24. The summed E-state index contributed by atoms with van der Waals surface area (Å²) in [6, 6.07) is -0.298. The fourth-order valence-electron chi connectivity index (χ4n) is 1.85. The molecule has 2 atom stereocenters. The average molecular weight is 254 g/mol. The first-order chi connectivity index (χ1) is 8.51. The fraction of sp³-hybridized carbons (Fsp3) is 0.692. The Morgan fingerprint density at radius 2 is 2.17 bits per heavy atom. The number of ether oxygens (including phenoxy) is 1. The quantitative estimate of drug-likeness (QED) is 0.786. The standard InChI is InChI=1S/C13H22N2O3/c1-6-8(2)12(13(16)17-5)14-7-11-9(3)15-18-10(11)4/h8,12,14H,6-7H2,1-5H3. The highest BCUT2D eigenvalue weighted by atomic mass is 16.5. The monoisotopic (exact) mass is 254 g/mol. The number of carbonyl (C=O) groups excluding carboxylic acids is 1. The molecule has 1 heterocycles. The Morgan fingerprint density at radius 3 is 2.61 bits per heavy atom. The van der Waals surface area contributed by atoms with Gasteiger partial charge in [-0.05, 0) is 19.8 Å². The Hall–Kier alpha value is -1.36. The van der Waals surface area contributed by atoms with E-state index in [9.17, 15) is 4.79 Å². The number of esters is 1. The van der Waals surface area contributed by atoms with Crippen LogP contribution < -0.4 is 5.32 Å². The summed E-state index contributed by atoms with van der Waals surface area (Å²) in [5.74, 6) is 0.779. The second-order valence-electron chi connectivity index (χ2n) is 4.57. The second-order valence-corrected chi connectivity index (χ2v) is 4.57. The summed E-state index contributed by atoms with van der Waals surface area (Å²) < 4.78 is 9.92. The van der Waals surface area contributed by atoms with Gasteiger partial charge >= 0.3 is 5.97 Å². The molecule has 1 aromatic rings. The van der Waals surface area contributed by atoms with E-state index in [1.807, 2.05) is 20.8 Å². The van der Waals surface area contributed by atoms with Crippen molar-refractivity contribution in [1.82, 2.24) is 10.5 Å². The number of nitrogens with one attached hydrogen (secondary N) is 1. The molecule has 0 amide bonds. The maximum absolute atomic E-state index is 11.7. The van der Waals surface area contributed by atoms with E-state index < -0.39 is 0 Å². The molecule has 1 aromatic heterocycles. The van der Waals surface area contributed by atoms with Crippen molar-refractivity contribution in [2.24, 2.45) is 5.92 Å². The van der Waals surface area contributed by atoms with Crippen molar-refractivity contribution in [3.8, 4) is 0 Å². The molecule has 0 aliphatic heterocycles. The molecule has 5 heteroatoms. The van der Waals surface area contributed by atoms with E-state index in [0.29, 0.717) is 6.54 Å². The van der Waals surface area contributed by atoms with E-state index in [-0.39, 0.29) is 17.9 Å². The lowest BCUT2D eigenvalue weighted by Crippen LogP contribution is -2.42. The Kier molecular flexibility index (Phi) is 5.34. The number of methoxy groups -OCH3 is 1. The van der Waals surface area contributed by atoms with Crippen LogP contribution in [-0.4, -0.2) is 24.3 Å². The van der Waals surface area contributed by atoms with Crippen molar-refractivity contribution in [3.05, 3.63) is 17.0 Å².